The summed E-state index contributed by atoms with van der Waals surface area (Å²) in [7, 11) is 2.36. The van der Waals surface area contributed by atoms with Gasteiger partial charge in [-0.15, -0.1) is 0 Å². The number of quaternary nitrogens is 1. The number of rotatable bonds is 2. The van der Waals surface area contributed by atoms with Crippen LogP contribution in [0.25, 0.3) is 0 Å². The zero-order valence-corrected chi connectivity index (χ0v) is 14.8. The first-order chi connectivity index (χ1) is 11.6. The van der Waals surface area contributed by atoms with E-state index >= 15 is 0 Å². The lowest BCUT2D eigenvalue weighted by molar-refractivity contribution is -0.907. The Labute approximate surface area is 144 Å². The maximum Gasteiger partial charge on any atom is 0.249 e. The number of aliphatic imine (C=N–C) groups is 1. The summed E-state index contributed by atoms with van der Waals surface area (Å²) in [4.78, 5) is 7.45. The lowest BCUT2D eigenvalue weighted by Crippen LogP contribution is -2.57. The summed E-state index contributed by atoms with van der Waals surface area (Å²) < 4.78 is 0.862. The Balaban J connectivity index is 1.85. The lowest BCUT2D eigenvalue weighted by atomic mass is 10.0. The van der Waals surface area contributed by atoms with Crippen LogP contribution in [-0.4, -0.2) is 30.0 Å². The van der Waals surface area contributed by atoms with E-state index in [1.165, 1.54) is 22.8 Å². The Morgan fingerprint density at radius 1 is 1.21 bits per heavy atom. The van der Waals surface area contributed by atoms with Crippen molar-refractivity contribution in [2.24, 2.45) is 4.99 Å². The zero-order chi connectivity index (χ0) is 16.7. The summed E-state index contributed by atoms with van der Waals surface area (Å²) in [5.41, 5.74) is 4.06. The van der Waals surface area contributed by atoms with Gasteiger partial charge in [-0.25, -0.2) is 4.99 Å². The van der Waals surface area contributed by atoms with Gasteiger partial charge in [-0.2, -0.15) is 0 Å². The highest BCUT2D eigenvalue weighted by Gasteiger charge is 2.52. The van der Waals surface area contributed by atoms with Gasteiger partial charge in [-0.1, -0.05) is 36.4 Å². The van der Waals surface area contributed by atoms with Crippen molar-refractivity contribution in [1.82, 2.24) is 0 Å². The minimum Gasteiger partial charge on any atom is -0.288 e. The fourth-order valence-corrected chi connectivity index (χ4v) is 4.39. The van der Waals surface area contributed by atoms with E-state index in [9.17, 15) is 0 Å². The van der Waals surface area contributed by atoms with Crippen molar-refractivity contribution in [2.45, 2.75) is 45.3 Å². The SMILES string of the molecule is Cc1ccccc1N1C2=C(N=CCC2)[N+](C)(C2C=CC=CC2)C1C. The molecule has 0 radical (unpaired) electrons. The van der Waals surface area contributed by atoms with E-state index in [0.29, 0.717) is 12.2 Å². The third-order valence-electron chi connectivity index (χ3n) is 5.90. The molecule has 1 aromatic carbocycles. The largest absolute Gasteiger partial charge is 0.288 e. The van der Waals surface area contributed by atoms with Crippen molar-refractivity contribution in [3.63, 3.8) is 0 Å². The minimum atomic E-state index is 0.340. The summed E-state index contributed by atoms with van der Waals surface area (Å²) in [6, 6.07) is 9.17. The van der Waals surface area contributed by atoms with Crippen LogP contribution in [0.1, 0.15) is 31.7 Å². The van der Waals surface area contributed by atoms with Crippen LogP contribution in [0.5, 0.6) is 0 Å². The molecule has 124 valence electrons. The van der Waals surface area contributed by atoms with Crippen LogP contribution in [0.15, 0.2) is 65.1 Å². The molecule has 2 aliphatic heterocycles. The molecule has 0 saturated carbocycles. The van der Waals surface area contributed by atoms with Crippen LogP contribution >= 0.6 is 0 Å². The van der Waals surface area contributed by atoms with E-state index < -0.39 is 0 Å². The van der Waals surface area contributed by atoms with Crippen LogP contribution in [-0.2, 0) is 0 Å². The number of aryl methyl sites for hydroxylation is 1. The number of likely N-dealkylation sites (N-methyl/N-ethyl adjacent to an activating group) is 1. The van der Waals surface area contributed by atoms with Crippen LogP contribution in [0, 0.1) is 6.92 Å². The predicted molar refractivity (Wildman–Crippen MR) is 101 cm³/mol. The van der Waals surface area contributed by atoms with Gasteiger partial charge in [-0.05, 0) is 31.1 Å². The molecular formula is C21H26N3+. The normalized spacial score (nSPS) is 31.7. The van der Waals surface area contributed by atoms with Gasteiger partial charge < -0.3 is 0 Å². The van der Waals surface area contributed by atoms with Crippen LogP contribution in [0.4, 0.5) is 5.69 Å². The Morgan fingerprint density at radius 2 is 2.04 bits per heavy atom. The second kappa shape index (κ2) is 5.75. The van der Waals surface area contributed by atoms with Gasteiger partial charge in [0.25, 0.3) is 0 Å². The average Bonchev–Trinajstić information content (AvgIpc) is 2.86. The third-order valence-corrected chi connectivity index (χ3v) is 5.90. The van der Waals surface area contributed by atoms with Crippen molar-refractivity contribution < 1.29 is 4.48 Å². The van der Waals surface area contributed by atoms with E-state index in [1.807, 2.05) is 0 Å². The number of para-hydroxylation sites is 1. The molecule has 3 aliphatic rings. The standard InChI is InChI=1S/C21H26N3/c1-16-10-7-8-13-19(16)23-17(2)24(3,18-11-5-4-6-12-18)21-20(23)14-9-15-22-21/h4-8,10-11,13,15,17-18H,9,12,14H2,1-3H3/q+1. The highest BCUT2D eigenvalue weighted by Crippen LogP contribution is 2.46. The molecule has 0 saturated heterocycles. The molecular weight excluding hydrogens is 294 g/mol. The summed E-state index contributed by atoms with van der Waals surface area (Å²) >= 11 is 0. The molecule has 0 aromatic heterocycles. The van der Waals surface area contributed by atoms with Gasteiger partial charge >= 0.3 is 0 Å². The van der Waals surface area contributed by atoms with Crippen molar-refractivity contribution in [2.75, 3.05) is 11.9 Å². The molecule has 1 aliphatic carbocycles. The van der Waals surface area contributed by atoms with Crippen LogP contribution < -0.4 is 4.90 Å². The number of benzene rings is 1. The fourth-order valence-electron chi connectivity index (χ4n) is 4.39. The lowest BCUT2D eigenvalue weighted by Gasteiger charge is -2.42. The third kappa shape index (κ3) is 2.11. The van der Waals surface area contributed by atoms with Gasteiger partial charge in [0.2, 0.25) is 5.82 Å². The molecule has 4 rings (SSSR count). The summed E-state index contributed by atoms with van der Waals surface area (Å²) in [6.07, 6.45) is 14.6. The van der Waals surface area contributed by atoms with Gasteiger partial charge in [0.05, 0.1) is 7.05 Å². The molecule has 3 unspecified atom stereocenters. The molecule has 3 nitrogen and oxygen atoms in total. The number of hydrogen-bond donors (Lipinski definition) is 0. The maximum absolute atomic E-state index is 4.90. The summed E-state index contributed by atoms with van der Waals surface area (Å²) in [5.74, 6) is 1.25. The molecule has 0 spiro atoms. The average molecular weight is 320 g/mol. The second-order valence-electron chi connectivity index (χ2n) is 7.17. The second-order valence-corrected chi connectivity index (χ2v) is 7.17. The van der Waals surface area contributed by atoms with Gasteiger partial charge in [0.1, 0.15) is 11.7 Å². The zero-order valence-electron chi connectivity index (χ0n) is 14.8. The predicted octanol–water partition coefficient (Wildman–Crippen LogP) is 4.53. The van der Waals surface area contributed by atoms with E-state index in [1.54, 1.807) is 0 Å². The Hall–Kier alpha value is -2.13. The topological polar surface area (TPSA) is 15.6 Å². The first kappa shape index (κ1) is 15.4. The van der Waals surface area contributed by atoms with E-state index in [4.69, 9.17) is 4.99 Å². The first-order valence-electron chi connectivity index (χ1n) is 8.94. The Kier molecular flexibility index (Phi) is 3.69. The Morgan fingerprint density at radius 3 is 2.79 bits per heavy atom. The number of anilines is 1. The van der Waals surface area contributed by atoms with Gasteiger partial charge in [0, 0.05) is 31.7 Å². The van der Waals surface area contributed by atoms with Crippen molar-refractivity contribution >= 4 is 11.9 Å². The maximum atomic E-state index is 4.90. The number of nitrogens with zero attached hydrogens (tertiary/aromatic N) is 3. The highest BCUT2D eigenvalue weighted by molar-refractivity contribution is 5.66. The Bertz CT molecular complexity index is 771. The molecule has 24 heavy (non-hydrogen) atoms. The smallest absolute Gasteiger partial charge is 0.249 e. The molecule has 0 amide bonds. The summed E-state index contributed by atoms with van der Waals surface area (Å²) in [5, 5.41) is 0. The number of hydrogen-bond acceptors (Lipinski definition) is 2. The first-order valence-corrected chi connectivity index (χ1v) is 8.94. The van der Waals surface area contributed by atoms with E-state index in [-0.39, 0.29) is 0 Å². The molecule has 0 fully saturated rings. The van der Waals surface area contributed by atoms with E-state index in [0.717, 1.165) is 23.7 Å². The van der Waals surface area contributed by atoms with Gasteiger partial charge in [0.15, 0.2) is 6.17 Å². The monoisotopic (exact) mass is 320 g/mol. The molecule has 0 bridgehead atoms. The van der Waals surface area contributed by atoms with Gasteiger partial charge in [-0.3, -0.25) is 9.38 Å². The van der Waals surface area contributed by atoms with E-state index in [2.05, 4.69) is 80.6 Å². The quantitative estimate of drug-likeness (QED) is 0.731. The number of allylic oxidation sites excluding steroid dienone is 3. The fraction of sp³-hybridized carbons (Fsp3) is 0.381. The molecule has 1 aromatic rings. The van der Waals surface area contributed by atoms with Crippen molar-refractivity contribution in [3.05, 3.63) is 65.7 Å². The van der Waals surface area contributed by atoms with Crippen LogP contribution in [0.3, 0.4) is 0 Å². The van der Waals surface area contributed by atoms with Crippen molar-refractivity contribution in [3.8, 4) is 0 Å². The highest BCUT2D eigenvalue weighted by atomic mass is 15.6. The summed E-state index contributed by atoms with van der Waals surface area (Å²) in [6.45, 7) is 4.56. The van der Waals surface area contributed by atoms with Crippen molar-refractivity contribution in [1.29, 1.82) is 0 Å². The molecule has 2 heterocycles. The minimum absolute atomic E-state index is 0.340. The van der Waals surface area contributed by atoms with Crippen LogP contribution in [0.2, 0.25) is 0 Å². The molecule has 0 N–H and O–H groups in total. The molecule has 3 atom stereocenters. The molecule has 3 heteroatoms.